The summed E-state index contributed by atoms with van der Waals surface area (Å²) in [6.45, 7) is 4.83. The van der Waals surface area contributed by atoms with Crippen LogP contribution in [0.4, 0.5) is 4.79 Å². The number of hydrogen-bond donors (Lipinski definition) is 2. The van der Waals surface area contributed by atoms with Crippen LogP contribution in [-0.4, -0.2) is 55.2 Å². The number of urea groups is 1. The molecule has 1 atom stereocenters. The molecule has 2 aliphatic heterocycles. The van der Waals surface area contributed by atoms with Crippen LogP contribution in [0.25, 0.3) is 0 Å². The van der Waals surface area contributed by atoms with E-state index in [-0.39, 0.29) is 24.1 Å². The number of rotatable bonds is 4. The van der Waals surface area contributed by atoms with Gasteiger partial charge in [-0.3, -0.25) is 4.79 Å². The van der Waals surface area contributed by atoms with Gasteiger partial charge in [0.1, 0.15) is 6.10 Å². The zero-order valence-corrected chi connectivity index (χ0v) is 12.2. The molecule has 6 nitrogen and oxygen atoms in total. The van der Waals surface area contributed by atoms with Crippen molar-refractivity contribution in [3.05, 3.63) is 0 Å². The molecule has 2 saturated heterocycles. The lowest BCUT2D eigenvalue weighted by Gasteiger charge is -2.33. The lowest BCUT2D eigenvalue weighted by molar-refractivity contribution is -0.142. The van der Waals surface area contributed by atoms with Crippen molar-refractivity contribution in [3.63, 3.8) is 0 Å². The molecule has 3 amide bonds. The van der Waals surface area contributed by atoms with E-state index in [1.807, 2.05) is 11.8 Å². The number of nitrogens with zero attached hydrogens (tertiary/aromatic N) is 1. The second-order valence-corrected chi connectivity index (χ2v) is 5.50. The van der Waals surface area contributed by atoms with E-state index in [0.717, 1.165) is 32.1 Å². The van der Waals surface area contributed by atoms with Crippen molar-refractivity contribution in [1.82, 2.24) is 15.5 Å². The third-order valence-corrected chi connectivity index (χ3v) is 3.88. The summed E-state index contributed by atoms with van der Waals surface area (Å²) in [5, 5.41) is 5.77. The average Bonchev–Trinajstić information content (AvgIpc) is 2.99. The van der Waals surface area contributed by atoms with E-state index >= 15 is 0 Å². The maximum absolute atomic E-state index is 12.2. The predicted octanol–water partition coefficient (Wildman–Crippen LogP) is 0.866. The van der Waals surface area contributed by atoms with Gasteiger partial charge in [-0.25, -0.2) is 4.79 Å². The molecule has 0 bridgehead atoms. The molecule has 20 heavy (non-hydrogen) atoms. The van der Waals surface area contributed by atoms with Crippen LogP contribution in [0, 0.1) is 0 Å². The summed E-state index contributed by atoms with van der Waals surface area (Å²) >= 11 is 0. The molecule has 2 aliphatic rings. The standard InChI is InChI=1S/C14H25N3O3/c1-2-7-15-14(19)16-11-5-8-17(9-6-11)13(18)12-4-3-10-20-12/h11-12H,2-10H2,1H3,(H2,15,16,19). The van der Waals surface area contributed by atoms with Crippen molar-refractivity contribution in [2.75, 3.05) is 26.2 Å². The van der Waals surface area contributed by atoms with Gasteiger partial charge in [-0.1, -0.05) is 6.92 Å². The quantitative estimate of drug-likeness (QED) is 0.804. The van der Waals surface area contributed by atoms with E-state index in [9.17, 15) is 9.59 Å². The predicted molar refractivity (Wildman–Crippen MR) is 75.4 cm³/mol. The Balaban J connectivity index is 1.69. The third-order valence-electron chi connectivity index (χ3n) is 3.88. The van der Waals surface area contributed by atoms with Crippen LogP contribution in [0.15, 0.2) is 0 Å². The monoisotopic (exact) mass is 283 g/mol. The molecule has 2 fully saturated rings. The highest BCUT2D eigenvalue weighted by molar-refractivity contribution is 5.81. The van der Waals surface area contributed by atoms with Crippen molar-refractivity contribution < 1.29 is 14.3 Å². The Kier molecular flexibility index (Phi) is 5.64. The summed E-state index contributed by atoms with van der Waals surface area (Å²) in [6, 6.07) is 0.0659. The molecule has 0 aromatic heterocycles. The summed E-state index contributed by atoms with van der Waals surface area (Å²) in [5.41, 5.74) is 0. The van der Waals surface area contributed by atoms with Crippen molar-refractivity contribution in [2.45, 2.75) is 51.2 Å². The first-order chi connectivity index (χ1) is 9.70. The van der Waals surface area contributed by atoms with Crippen LogP contribution in [-0.2, 0) is 9.53 Å². The van der Waals surface area contributed by atoms with E-state index in [2.05, 4.69) is 10.6 Å². The maximum atomic E-state index is 12.2. The van der Waals surface area contributed by atoms with Gasteiger partial charge in [-0.2, -0.15) is 0 Å². The highest BCUT2D eigenvalue weighted by atomic mass is 16.5. The van der Waals surface area contributed by atoms with E-state index in [4.69, 9.17) is 4.74 Å². The van der Waals surface area contributed by atoms with Crippen molar-refractivity contribution in [3.8, 4) is 0 Å². The largest absolute Gasteiger partial charge is 0.368 e. The molecule has 6 heteroatoms. The number of amides is 3. The van der Waals surface area contributed by atoms with Crippen LogP contribution in [0.1, 0.15) is 39.0 Å². The van der Waals surface area contributed by atoms with E-state index < -0.39 is 0 Å². The Morgan fingerprint density at radius 3 is 2.60 bits per heavy atom. The van der Waals surface area contributed by atoms with E-state index in [1.54, 1.807) is 0 Å². The van der Waals surface area contributed by atoms with Crippen LogP contribution in [0.2, 0.25) is 0 Å². The number of piperidine rings is 1. The van der Waals surface area contributed by atoms with Gasteiger partial charge in [0.25, 0.3) is 5.91 Å². The van der Waals surface area contributed by atoms with Gasteiger partial charge in [0.05, 0.1) is 0 Å². The molecule has 2 rings (SSSR count). The zero-order chi connectivity index (χ0) is 14.4. The van der Waals surface area contributed by atoms with Crippen LogP contribution < -0.4 is 10.6 Å². The fraction of sp³-hybridized carbons (Fsp3) is 0.857. The second-order valence-electron chi connectivity index (χ2n) is 5.50. The first kappa shape index (κ1) is 15.1. The first-order valence-electron chi connectivity index (χ1n) is 7.65. The van der Waals surface area contributed by atoms with Gasteiger partial charge < -0.3 is 20.3 Å². The Bertz CT molecular complexity index is 335. The number of carbonyl (C=O) groups is 2. The Labute approximate surface area is 120 Å². The SMILES string of the molecule is CCCNC(=O)NC1CCN(C(=O)C2CCCO2)CC1. The second kappa shape index (κ2) is 7.47. The van der Waals surface area contributed by atoms with E-state index in [0.29, 0.717) is 26.2 Å². The van der Waals surface area contributed by atoms with Crippen LogP contribution in [0.5, 0.6) is 0 Å². The molecule has 1 unspecified atom stereocenters. The fourth-order valence-corrected chi connectivity index (χ4v) is 2.70. The number of ether oxygens (including phenoxy) is 1. The minimum atomic E-state index is -0.229. The summed E-state index contributed by atoms with van der Waals surface area (Å²) in [6.07, 6.45) is 4.16. The summed E-state index contributed by atoms with van der Waals surface area (Å²) in [7, 11) is 0. The molecule has 2 N–H and O–H groups in total. The highest BCUT2D eigenvalue weighted by Gasteiger charge is 2.31. The molecule has 0 aromatic carbocycles. The molecular formula is C14H25N3O3. The molecule has 0 radical (unpaired) electrons. The van der Waals surface area contributed by atoms with Gasteiger partial charge in [0, 0.05) is 32.3 Å². The fourth-order valence-electron chi connectivity index (χ4n) is 2.70. The molecule has 0 aliphatic carbocycles. The smallest absolute Gasteiger partial charge is 0.315 e. The van der Waals surface area contributed by atoms with Crippen molar-refractivity contribution in [1.29, 1.82) is 0 Å². The number of carbonyl (C=O) groups excluding carboxylic acids is 2. The summed E-state index contributed by atoms with van der Waals surface area (Å²) in [4.78, 5) is 25.6. The normalized spacial score (nSPS) is 23.6. The molecule has 2 heterocycles. The Hall–Kier alpha value is -1.30. The highest BCUT2D eigenvalue weighted by Crippen LogP contribution is 2.18. The zero-order valence-electron chi connectivity index (χ0n) is 12.2. The summed E-state index contributed by atoms with van der Waals surface area (Å²) in [5.74, 6) is 0.122. The van der Waals surface area contributed by atoms with Crippen molar-refractivity contribution >= 4 is 11.9 Å². The number of hydrogen-bond acceptors (Lipinski definition) is 3. The number of likely N-dealkylation sites (tertiary alicyclic amines) is 1. The summed E-state index contributed by atoms with van der Waals surface area (Å²) < 4.78 is 5.43. The minimum absolute atomic E-state index is 0.101. The van der Waals surface area contributed by atoms with Gasteiger partial charge in [-0.15, -0.1) is 0 Å². The first-order valence-corrected chi connectivity index (χ1v) is 7.65. The lowest BCUT2D eigenvalue weighted by Crippen LogP contribution is -2.50. The molecule has 0 spiro atoms. The average molecular weight is 283 g/mol. The minimum Gasteiger partial charge on any atom is -0.368 e. The van der Waals surface area contributed by atoms with Gasteiger partial charge >= 0.3 is 6.03 Å². The molecule has 0 saturated carbocycles. The van der Waals surface area contributed by atoms with Crippen molar-refractivity contribution in [2.24, 2.45) is 0 Å². The van der Waals surface area contributed by atoms with Gasteiger partial charge in [0.2, 0.25) is 0 Å². The van der Waals surface area contributed by atoms with Crippen LogP contribution >= 0.6 is 0 Å². The molecule has 114 valence electrons. The van der Waals surface area contributed by atoms with E-state index in [1.165, 1.54) is 0 Å². The lowest BCUT2D eigenvalue weighted by atomic mass is 10.0. The van der Waals surface area contributed by atoms with Gasteiger partial charge in [0.15, 0.2) is 0 Å². The Morgan fingerprint density at radius 1 is 1.25 bits per heavy atom. The van der Waals surface area contributed by atoms with Gasteiger partial charge in [-0.05, 0) is 32.1 Å². The molecule has 0 aromatic rings. The Morgan fingerprint density at radius 2 is 2.00 bits per heavy atom. The third kappa shape index (κ3) is 4.10. The molecular weight excluding hydrogens is 258 g/mol. The maximum Gasteiger partial charge on any atom is 0.315 e. The van der Waals surface area contributed by atoms with Crippen LogP contribution in [0.3, 0.4) is 0 Å². The number of nitrogens with one attached hydrogen (secondary N) is 2. The topological polar surface area (TPSA) is 70.7 Å².